The van der Waals surface area contributed by atoms with E-state index in [9.17, 15) is 4.79 Å². The van der Waals surface area contributed by atoms with Gasteiger partial charge in [0.25, 0.3) is 0 Å². The van der Waals surface area contributed by atoms with Crippen LogP contribution in [0.2, 0.25) is 0 Å². The number of ether oxygens (including phenoxy) is 2. The van der Waals surface area contributed by atoms with Crippen molar-refractivity contribution < 1.29 is 14.3 Å². The molecule has 1 atom stereocenters. The van der Waals surface area contributed by atoms with Crippen molar-refractivity contribution in [3.05, 3.63) is 0 Å². The lowest BCUT2D eigenvalue weighted by molar-refractivity contribution is -0.163. The van der Waals surface area contributed by atoms with E-state index < -0.39 is 0 Å². The maximum absolute atomic E-state index is 12.7. The van der Waals surface area contributed by atoms with Gasteiger partial charge < -0.3 is 24.6 Å². The molecule has 0 bridgehead atoms. The molecular weight excluding hydrogens is 341 g/mol. The molecule has 1 N–H and O–H groups in total. The maximum Gasteiger partial charge on any atom is 0.229 e. The first-order valence-corrected chi connectivity index (χ1v) is 8.08. The Labute approximate surface area is 151 Å². The maximum atomic E-state index is 12.7. The number of halogens is 2. The molecule has 3 aliphatic heterocycles. The summed E-state index contributed by atoms with van der Waals surface area (Å²) in [5, 5.41) is 3.28. The number of piperidine rings is 1. The van der Waals surface area contributed by atoms with Crippen molar-refractivity contribution in [1.29, 1.82) is 0 Å². The fourth-order valence-electron chi connectivity index (χ4n) is 3.48. The van der Waals surface area contributed by atoms with Gasteiger partial charge in [0.15, 0.2) is 0 Å². The van der Waals surface area contributed by atoms with Gasteiger partial charge in [-0.3, -0.25) is 4.79 Å². The topological polar surface area (TPSA) is 54.0 Å². The van der Waals surface area contributed by atoms with Crippen LogP contribution in [0.25, 0.3) is 0 Å². The second-order valence-corrected chi connectivity index (χ2v) is 6.57. The van der Waals surface area contributed by atoms with Crippen LogP contribution in [0, 0.1) is 5.92 Å². The quantitative estimate of drug-likeness (QED) is 0.724. The van der Waals surface area contributed by atoms with Crippen molar-refractivity contribution in [1.82, 2.24) is 15.1 Å². The van der Waals surface area contributed by atoms with Gasteiger partial charge >= 0.3 is 0 Å². The summed E-state index contributed by atoms with van der Waals surface area (Å²) in [7, 11) is 2.15. The molecule has 3 saturated heterocycles. The molecule has 3 heterocycles. The van der Waals surface area contributed by atoms with Crippen molar-refractivity contribution in [3.8, 4) is 0 Å². The van der Waals surface area contributed by atoms with Crippen molar-refractivity contribution in [2.75, 3.05) is 66.1 Å². The second-order valence-electron chi connectivity index (χ2n) is 6.57. The highest BCUT2D eigenvalue weighted by Crippen LogP contribution is 2.30. The summed E-state index contributed by atoms with van der Waals surface area (Å²) < 4.78 is 11.6. The summed E-state index contributed by atoms with van der Waals surface area (Å²) in [6.45, 7) is 7.03. The van der Waals surface area contributed by atoms with Gasteiger partial charge in [-0.25, -0.2) is 0 Å². The van der Waals surface area contributed by atoms with Crippen molar-refractivity contribution >= 4 is 30.7 Å². The predicted octanol–water partition coefficient (Wildman–Crippen LogP) is 0.389. The van der Waals surface area contributed by atoms with Gasteiger partial charge in [0, 0.05) is 39.3 Å². The molecule has 1 unspecified atom stereocenters. The zero-order valence-corrected chi connectivity index (χ0v) is 15.4. The summed E-state index contributed by atoms with van der Waals surface area (Å²) in [6, 6.07) is 0. The SMILES string of the molecule is CN1CCC2(CC1)CN(C(=O)C1CNCCOC1)CCO2.Cl.Cl. The molecule has 136 valence electrons. The summed E-state index contributed by atoms with van der Waals surface area (Å²) in [6.07, 6.45) is 2.04. The third-order valence-electron chi connectivity index (χ3n) is 4.94. The number of rotatable bonds is 1. The number of nitrogens with one attached hydrogen (secondary N) is 1. The van der Waals surface area contributed by atoms with Crippen LogP contribution in [-0.4, -0.2) is 87.4 Å². The average molecular weight is 370 g/mol. The summed E-state index contributed by atoms with van der Waals surface area (Å²) in [5.74, 6) is 0.180. The van der Waals surface area contributed by atoms with E-state index in [4.69, 9.17) is 9.47 Å². The van der Waals surface area contributed by atoms with E-state index in [-0.39, 0.29) is 42.2 Å². The Kier molecular flexibility index (Phi) is 8.55. The number of carbonyl (C=O) groups is 1. The van der Waals surface area contributed by atoms with Crippen LogP contribution in [-0.2, 0) is 14.3 Å². The summed E-state index contributed by atoms with van der Waals surface area (Å²) >= 11 is 0. The van der Waals surface area contributed by atoms with Crippen LogP contribution in [0.5, 0.6) is 0 Å². The third kappa shape index (κ3) is 5.18. The lowest BCUT2D eigenvalue weighted by Crippen LogP contribution is -2.59. The molecule has 8 heteroatoms. The first kappa shape index (κ1) is 20.9. The zero-order valence-electron chi connectivity index (χ0n) is 13.8. The number of morpholine rings is 1. The van der Waals surface area contributed by atoms with E-state index in [2.05, 4.69) is 17.3 Å². The van der Waals surface area contributed by atoms with E-state index in [1.165, 1.54) is 0 Å². The highest BCUT2D eigenvalue weighted by atomic mass is 35.5. The standard InChI is InChI=1S/C15H27N3O3.2ClH/c1-17-5-2-15(3-6-17)12-18(7-9-21-15)14(19)13-10-16-4-8-20-11-13;;/h13,16H,2-12H2,1H3;2*1H. The summed E-state index contributed by atoms with van der Waals surface area (Å²) in [5.41, 5.74) is -0.112. The van der Waals surface area contributed by atoms with Gasteiger partial charge in [-0.1, -0.05) is 0 Å². The first-order chi connectivity index (χ1) is 10.2. The molecule has 0 radical (unpaired) electrons. The molecule has 6 nitrogen and oxygen atoms in total. The van der Waals surface area contributed by atoms with Crippen LogP contribution in [0.4, 0.5) is 0 Å². The smallest absolute Gasteiger partial charge is 0.229 e. The van der Waals surface area contributed by atoms with Crippen molar-refractivity contribution in [3.63, 3.8) is 0 Å². The van der Waals surface area contributed by atoms with Crippen LogP contribution in [0.1, 0.15) is 12.8 Å². The largest absolute Gasteiger partial charge is 0.379 e. The van der Waals surface area contributed by atoms with Crippen LogP contribution >= 0.6 is 24.8 Å². The second kappa shape index (κ2) is 9.39. The number of hydrogen-bond acceptors (Lipinski definition) is 5. The number of likely N-dealkylation sites (tertiary alicyclic amines) is 1. The Hall–Kier alpha value is -0.110. The molecule has 3 aliphatic rings. The Bertz CT molecular complexity index is 371. The normalized spacial score (nSPS) is 28.4. The molecule has 1 spiro atoms. The summed E-state index contributed by atoms with van der Waals surface area (Å²) in [4.78, 5) is 17.1. The minimum absolute atomic E-state index is 0. The van der Waals surface area contributed by atoms with Gasteiger partial charge in [0.2, 0.25) is 5.91 Å². The Morgan fingerprint density at radius 3 is 2.65 bits per heavy atom. The van der Waals surface area contributed by atoms with Crippen LogP contribution < -0.4 is 5.32 Å². The van der Waals surface area contributed by atoms with Crippen LogP contribution in [0.3, 0.4) is 0 Å². The first-order valence-electron chi connectivity index (χ1n) is 8.08. The molecule has 0 saturated carbocycles. The molecule has 23 heavy (non-hydrogen) atoms. The Balaban J connectivity index is 0.00000132. The zero-order chi connectivity index (χ0) is 14.7. The fraction of sp³-hybridized carbons (Fsp3) is 0.933. The number of carbonyl (C=O) groups excluding carboxylic acids is 1. The molecule has 3 rings (SSSR count). The number of hydrogen-bond donors (Lipinski definition) is 1. The Morgan fingerprint density at radius 1 is 1.17 bits per heavy atom. The molecular formula is C15H29Cl2N3O3. The monoisotopic (exact) mass is 369 g/mol. The predicted molar refractivity (Wildman–Crippen MR) is 93.7 cm³/mol. The minimum atomic E-state index is -0.112. The fourth-order valence-corrected chi connectivity index (χ4v) is 3.48. The highest BCUT2D eigenvalue weighted by Gasteiger charge is 2.41. The molecule has 0 aromatic heterocycles. The van der Waals surface area contributed by atoms with Crippen molar-refractivity contribution in [2.45, 2.75) is 18.4 Å². The molecule has 0 aliphatic carbocycles. The molecule has 1 amide bonds. The van der Waals surface area contributed by atoms with E-state index in [0.717, 1.165) is 45.6 Å². The number of amides is 1. The van der Waals surface area contributed by atoms with E-state index in [1.807, 2.05) is 4.90 Å². The lowest BCUT2D eigenvalue weighted by atomic mass is 9.89. The van der Waals surface area contributed by atoms with Gasteiger partial charge in [0.1, 0.15) is 0 Å². The minimum Gasteiger partial charge on any atom is -0.379 e. The van der Waals surface area contributed by atoms with E-state index in [1.54, 1.807) is 0 Å². The average Bonchev–Trinajstić information content (AvgIpc) is 2.79. The Morgan fingerprint density at radius 2 is 1.91 bits per heavy atom. The number of nitrogens with zero attached hydrogens (tertiary/aromatic N) is 2. The molecule has 0 aromatic rings. The lowest BCUT2D eigenvalue weighted by Gasteiger charge is -2.47. The van der Waals surface area contributed by atoms with E-state index >= 15 is 0 Å². The molecule has 3 fully saturated rings. The third-order valence-corrected chi connectivity index (χ3v) is 4.94. The van der Waals surface area contributed by atoms with Gasteiger partial charge in [0.05, 0.1) is 31.3 Å². The highest BCUT2D eigenvalue weighted by molar-refractivity contribution is 5.85. The van der Waals surface area contributed by atoms with Crippen LogP contribution in [0.15, 0.2) is 0 Å². The van der Waals surface area contributed by atoms with Gasteiger partial charge in [-0.15, -0.1) is 24.8 Å². The van der Waals surface area contributed by atoms with Gasteiger partial charge in [-0.05, 0) is 19.9 Å². The van der Waals surface area contributed by atoms with Crippen molar-refractivity contribution in [2.24, 2.45) is 5.92 Å². The molecule has 0 aromatic carbocycles. The van der Waals surface area contributed by atoms with E-state index in [0.29, 0.717) is 26.4 Å². The van der Waals surface area contributed by atoms with Gasteiger partial charge in [-0.2, -0.15) is 0 Å².